The SMILES string of the molecule is CC1(C)[C@@]2(C)CC[C@@]1(C(=O)N1CCN(C(c3ccccc3)c3ccccc3)CC1)OC2=O. The topological polar surface area (TPSA) is 49.9 Å². The molecule has 168 valence electrons. The quantitative estimate of drug-likeness (QED) is 0.684. The molecule has 0 radical (unpaired) electrons. The van der Waals surface area contributed by atoms with Gasteiger partial charge < -0.3 is 9.64 Å². The highest BCUT2D eigenvalue weighted by molar-refractivity contribution is 5.96. The molecule has 2 aromatic rings. The third kappa shape index (κ3) is 2.87. The van der Waals surface area contributed by atoms with E-state index in [0.29, 0.717) is 25.9 Å². The van der Waals surface area contributed by atoms with Crippen molar-refractivity contribution < 1.29 is 14.3 Å². The number of rotatable bonds is 4. The fourth-order valence-corrected chi connectivity index (χ4v) is 6.04. The number of hydrogen-bond acceptors (Lipinski definition) is 4. The Morgan fingerprint density at radius 2 is 1.38 bits per heavy atom. The Hall–Kier alpha value is -2.66. The minimum atomic E-state index is -1.01. The molecule has 0 aromatic heterocycles. The lowest BCUT2D eigenvalue weighted by Gasteiger charge is -2.44. The number of hydrogen-bond donors (Lipinski definition) is 0. The Morgan fingerprint density at radius 1 is 0.844 bits per heavy atom. The number of benzene rings is 2. The van der Waals surface area contributed by atoms with E-state index in [1.165, 1.54) is 11.1 Å². The predicted octanol–water partition coefficient (Wildman–Crippen LogP) is 4.04. The summed E-state index contributed by atoms with van der Waals surface area (Å²) in [6.45, 7) is 8.85. The van der Waals surface area contributed by atoms with Crippen LogP contribution in [-0.4, -0.2) is 53.5 Å². The van der Waals surface area contributed by atoms with Crippen molar-refractivity contribution in [3.05, 3.63) is 71.8 Å². The van der Waals surface area contributed by atoms with Crippen LogP contribution in [0.5, 0.6) is 0 Å². The maximum atomic E-state index is 13.7. The van der Waals surface area contributed by atoms with Crippen LogP contribution in [0.15, 0.2) is 60.7 Å². The normalized spacial score (nSPS) is 29.4. The second-order valence-electron chi connectivity index (χ2n) is 10.2. The maximum Gasteiger partial charge on any atom is 0.313 e. The molecule has 5 rings (SSSR count). The van der Waals surface area contributed by atoms with E-state index in [0.717, 1.165) is 13.1 Å². The van der Waals surface area contributed by atoms with Gasteiger partial charge in [0, 0.05) is 31.6 Å². The van der Waals surface area contributed by atoms with E-state index < -0.39 is 16.4 Å². The highest BCUT2D eigenvalue weighted by Crippen LogP contribution is 2.66. The van der Waals surface area contributed by atoms with E-state index in [-0.39, 0.29) is 17.9 Å². The summed E-state index contributed by atoms with van der Waals surface area (Å²) < 4.78 is 5.85. The van der Waals surface area contributed by atoms with Crippen molar-refractivity contribution in [2.75, 3.05) is 26.2 Å². The third-order valence-electron chi connectivity index (χ3n) is 8.63. The number of carbonyl (C=O) groups is 2. The van der Waals surface area contributed by atoms with Gasteiger partial charge in [0.05, 0.1) is 11.5 Å². The number of carbonyl (C=O) groups excluding carboxylic acids is 2. The zero-order chi connectivity index (χ0) is 22.6. The van der Waals surface area contributed by atoms with Gasteiger partial charge in [0.25, 0.3) is 5.91 Å². The lowest BCUT2D eigenvalue weighted by atomic mass is 9.66. The first-order valence-corrected chi connectivity index (χ1v) is 11.7. The number of nitrogens with zero attached hydrogens (tertiary/aromatic N) is 2. The molecule has 2 bridgehead atoms. The van der Waals surface area contributed by atoms with Gasteiger partial charge in [-0.3, -0.25) is 14.5 Å². The minimum absolute atomic E-state index is 0.00676. The van der Waals surface area contributed by atoms with Crippen molar-refractivity contribution in [2.24, 2.45) is 10.8 Å². The van der Waals surface area contributed by atoms with Gasteiger partial charge in [-0.25, -0.2) is 0 Å². The zero-order valence-electron chi connectivity index (χ0n) is 19.2. The standard InChI is InChI=1S/C27H32N2O3/c1-25(2)26(3)14-15-27(25,32-24(26)31)23(30)29-18-16-28(17-19-29)22(20-10-6-4-7-11-20)21-12-8-5-9-13-21/h4-13,22H,14-19H2,1-3H3/t26-,27-/m0/s1. The van der Waals surface area contributed by atoms with Crippen LogP contribution in [0.4, 0.5) is 0 Å². The lowest BCUT2D eigenvalue weighted by Crippen LogP contribution is -2.59. The Balaban J connectivity index is 1.36. The predicted molar refractivity (Wildman–Crippen MR) is 123 cm³/mol. The highest BCUT2D eigenvalue weighted by atomic mass is 16.6. The van der Waals surface area contributed by atoms with Gasteiger partial charge >= 0.3 is 5.97 Å². The van der Waals surface area contributed by atoms with Crippen molar-refractivity contribution in [1.29, 1.82) is 0 Å². The molecule has 5 nitrogen and oxygen atoms in total. The van der Waals surface area contributed by atoms with E-state index >= 15 is 0 Å². The molecule has 2 heterocycles. The van der Waals surface area contributed by atoms with Crippen LogP contribution in [0.25, 0.3) is 0 Å². The van der Waals surface area contributed by atoms with E-state index in [9.17, 15) is 9.59 Å². The van der Waals surface area contributed by atoms with Crippen LogP contribution < -0.4 is 0 Å². The van der Waals surface area contributed by atoms with Gasteiger partial charge in [-0.1, -0.05) is 74.5 Å². The summed E-state index contributed by atoms with van der Waals surface area (Å²) in [4.78, 5) is 30.7. The molecule has 1 amide bonds. The largest absolute Gasteiger partial charge is 0.448 e. The molecule has 2 atom stereocenters. The highest BCUT2D eigenvalue weighted by Gasteiger charge is 2.76. The smallest absolute Gasteiger partial charge is 0.313 e. The minimum Gasteiger partial charge on any atom is -0.448 e. The first kappa shape index (κ1) is 21.2. The molecule has 0 unspecified atom stereocenters. The molecule has 1 saturated carbocycles. The fourth-order valence-electron chi connectivity index (χ4n) is 6.04. The monoisotopic (exact) mass is 432 g/mol. The van der Waals surface area contributed by atoms with E-state index in [1.54, 1.807) is 0 Å². The maximum absolute atomic E-state index is 13.7. The van der Waals surface area contributed by atoms with Crippen molar-refractivity contribution in [2.45, 2.75) is 45.3 Å². The molecule has 3 fully saturated rings. The average molecular weight is 433 g/mol. The number of ether oxygens (including phenoxy) is 1. The molecule has 5 heteroatoms. The van der Waals surface area contributed by atoms with Gasteiger partial charge in [0.1, 0.15) is 0 Å². The van der Waals surface area contributed by atoms with Crippen LogP contribution in [0.3, 0.4) is 0 Å². The first-order chi connectivity index (χ1) is 15.3. The molecular formula is C27H32N2O3. The number of esters is 1. The molecule has 0 N–H and O–H groups in total. The van der Waals surface area contributed by atoms with E-state index in [2.05, 4.69) is 53.4 Å². The number of fused-ring (bicyclic) bond motifs is 2. The van der Waals surface area contributed by atoms with Crippen molar-refractivity contribution in [3.63, 3.8) is 0 Å². The summed E-state index contributed by atoms with van der Waals surface area (Å²) in [7, 11) is 0. The molecule has 32 heavy (non-hydrogen) atoms. The Kier molecular flexibility index (Phi) is 4.93. The van der Waals surface area contributed by atoms with Crippen molar-refractivity contribution in [3.8, 4) is 0 Å². The first-order valence-electron chi connectivity index (χ1n) is 11.7. The van der Waals surface area contributed by atoms with Crippen LogP contribution in [0.2, 0.25) is 0 Å². The Morgan fingerprint density at radius 3 is 1.81 bits per heavy atom. The summed E-state index contributed by atoms with van der Waals surface area (Å²) >= 11 is 0. The average Bonchev–Trinajstić information content (AvgIpc) is 3.11. The molecule has 2 saturated heterocycles. The van der Waals surface area contributed by atoms with Crippen molar-refractivity contribution in [1.82, 2.24) is 9.80 Å². The summed E-state index contributed by atoms with van der Waals surface area (Å²) in [5, 5.41) is 0. The van der Waals surface area contributed by atoms with Crippen LogP contribution in [0, 0.1) is 10.8 Å². The van der Waals surface area contributed by atoms with Gasteiger partial charge in [0.2, 0.25) is 0 Å². The van der Waals surface area contributed by atoms with E-state index in [1.807, 2.05) is 37.8 Å². The van der Waals surface area contributed by atoms with Gasteiger partial charge in [-0.05, 0) is 30.9 Å². The molecule has 2 aliphatic heterocycles. The molecule has 1 aliphatic carbocycles. The molecular weight excluding hydrogens is 400 g/mol. The molecule has 2 aromatic carbocycles. The van der Waals surface area contributed by atoms with E-state index in [4.69, 9.17) is 4.74 Å². The summed E-state index contributed by atoms with van der Waals surface area (Å²) in [6, 6.07) is 21.3. The van der Waals surface area contributed by atoms with Crippen LogP contribution in [-0.2, 0) is 14.3 Å². The number of piperazine rings is 1. The number of amides is 1. The lowest BCUT2D eigenvalue weighted by molar-refractivity contribution is -0.175. The molecule has 3 aliphatic rings. The Bertz CT molecular complexity index is 974. The third-order valence-corrected chi connectivity index (χ3v) is 8.63. The second-order valence-corrected chi connectivity index (χ2v) is 10.2. The summed E-state index contributed by atoms with van der Waals surface area (Å²) in [5.74, 6) is -0.221. The zero-order valence-corrected chi connectivity index (χ0v) is 19.2. The summed E-state index contributed by atoms with van der Waals surface area (Å²) in [5.41, 5.74) is 0.432. The summed E-state index contributed by atoms with van der Waals surface area (Å²) in [6.07, 6.45) is 1.34. The fraction of sp³-hybridized carbons (Fsp3) is 0.481. The van der Waals surface area contributed by atoms with Gasteiger partial charge in [-0.2, -0.15) is 0 Å². The van der Waals surface area contributed by atoms with Gasteiger partial charge in [0.15, 0.2) is 5.60 Å². The van der Waals surface area contributed by atoms with Crippen LogP contribution >= 0.6 is 0 Å². The second kappa shape index (κ2) is 7.45. The van der Waals surface area contributed by atoms with Crippen molar-refractivity contribution >= 4 is 11.9 Å². The van der Waals surface area contributed by atoms with Gasteiger partial charge in [-0.15, -0.1) is 0 Å². The van der Waals surface area contributed by atoms with Crippen LogP contribution in [0.1, 0.15) is 50.8 Å². The Labute approximate surface area is 190 Å². The molecule has 0 spiro atoms.